The van der Waals surface area contributed by atoms with Crippen molar-refractivity contribution in [2.45, 2.75) is 0 Å². The summed E-state index contributed by atoms with van der Waals surface area (Å²) in [7, 11) is 0. The van der Waals surface area contributed by atoms with Gasteiger partial charge < -0.3 is 4.74 Å². The molecule has 1 N–H and O–H groups in total. The molecule has 0 amide bonds. The zero-order valence-electron chi connectivity index (χ0n) is 8.80. The largest absolute Gasteiger partial charge is 0.379 e. The van der Waals surface area contributed by atoms with Gasteiger partial charge in [-0.15, -0.1) is 0 Å². The van der Waals surface area contributed by atoms with Gasteiger partial charge in [0.25, 0.3) is 0 Å². The number of halogens is 1. The minimum atomic E-state index is -0.556. The molecule has 0 saturated carbocycles. The Hall–Kier alpha value is -1.51. The first-order chi connectivity index (χ1) is 8.16. The Morgan fingerprint density at radius 3 is 2.88 bits per heavy atom. The lowest BCUT2D eigenvalue weighted by Gasteiger charge is -2.27. The molecule has 0 spiro atoms. The van der Waals surface area contributed by atoms with Crippen molar-refractivity contribution < 1.29 is 9.66 Å². The quantitative estimate of drug-likeness (QED) is 0.485. The zero-order chi connectivity index (χ0) is 12.3. The van der Waals surface area contributed by atoms with Crippen molar-refractivity contribution in [1.82, 2.24) is 15.0 Å². The number of ether oxygens (including phenoxy) is 1. The van der Waals surface area contributed by atoms with Gasteiger partial charge in [0.15, 0.2) is 0 Å². The second-order valence-electron chi connectivity index (χ2n) is 3.34. The highest BCUT2D eigenvalue weighted by Gasteiger charge is 2.20. The average Bonchev–Trinajstić information content (AvgIpc) is 2.30. The smallest absolute Gasteiger partial charge is 0.330 e. The van der Waals surface area contributed by atoms with Gasteiger partial charge in [-0.3, -0.25) is 15.5 Å². The molecule has 0 radical (unpaired) electrons. The van der Waals surface area contributed by atoms with Crippen molar-refractivity contribution in [1.29, 1.82) is 0 Å². The van der Waals surface area contributed by atoms with Gasteiger partial charge in [0.1, 0.15) is 6.20 Å². The van der Waals surface area contributed by atoms with E-state index in [2.05, 4.69) is 15.4 Å². The van der Waals surface area contributed by atoms with E-state index in [1.54, 1.807) is 5.01 Å². The van der Waals surface area contributed by atoms with Gasteiger partial charge in [-0.05, 0) is 11.6 Å². The molecule has 0 aromatic carbocycles. The van der Waals surface area contributed by atoms with Crippen LogP contribution >= 0.6 is 11.6 Å². The summed E-state index contributed by atoms with van der Waals surface area (Å²) in [4.78, 5) is 17.6. The topological polar surface area (TPSA) is 93.4 Å². The van der Waals surface area contributed by atoms with Gasteiger partial charge in [0.05, 0.1) is 18.1 Å². The summed E-state index contributed by atoms with van der Waals surface area (Å²) in [6.07, 6.45) is 1.08. The second kappa shape index (κ2) is 5.21. The van der Waals surface area contributed by atoms with Crippen LogP contribution in [0.2, 0.25) is 5.28 Å². The van der Waals surface area contributed by atoms with E-state index >= 15 is 0 Å². The van der Waals surface area contributed by atoms with E-state index in [9.17, 15) is 10.1 Å². The first-order valence-electron chi connectivity index (χ1n) is 4.93. The minimum Gasteiger partial charge on any atom is -0.379 e. The van der Waals surface area contributed by atoms with E-state index < -0.39 is 4.92 Å². The fourth-order valence-electron chi connectivity index (χ4n) is 1.39. The minimum absolute atomic E-state index is 0.0358. The average molecular weight is 260 g/mol. The van der Waals surface area contributed by atoms with Crippen LogP contribution in [0, 0.1) is 10.1 Å². The fraction of sp³-hybridized carbons (Fsp3) is 0.500. The van der Waals surface area contributed by atoms with Crippen LogP contribution in [0.25, 0.3) is 0 Å². The van der Waals surface area contributed by atoms with Crippen molar-refractivity contribution >= 4 is 23.1 Å². The summed E-state index contributed by atoms with van der Waals surface area (Å²) < 4.78 is 5.16. The Morgan fingerprint density at radius 2 is 2.24 bits per heavy atom. The number of hydrogen-bond donors (Lipinski definition) is 1. The van der Waals surface area contributed by atoms with Gasteiger partial charge >= 0.3 is 5.69 Å². The van der Waals surface area contributed by atoms with Crippen molar-refractivity contribution in [2.24, 2.45) is 0 Å². The van der Waals surface area contributed by atoms with Gasteiger partial charge in [-0.2, -0.15) is 4.98 Å². The summed E-state index contributed by atoms with van der Waals surface area (Å²) in [5.41, 5.74) is 2.64. The van der Waals surface area contributed by atoms with Crippen LogP contribution in [-0.2, 0) is 4.74 Å². The molecule has 2 rings (SSSR count). The number of hydrazine groups is 1. The molecular formula is C8H10ClN5O3. The molecule has 1 aromatic heterocycles. The summed E-state index contributed by atoms with van der Waals surface area (Å²) >= 11 is 5.61. The Labute approximate surface area is 102 Å². The van der Waals surface area contributed by atoms with Gasteiger partial charge in [0.2, 0.25) is 11.1 Å². The number of hydrogen-bond acceptors (Lipinski definition) is 7. The van der Waals surface area contributed by atoms with Crippen molar-refractivity contribution in [3.8, 4) is 0 Å². The van der Waals surface area contributed by atoms with Crippen LogP contribution in [-0.4, -0.2) is 46.2 Å². The second-order valence-corrected chi connectivity index (χ2v) is 3.68. The van der Waals surface area contributed by atoms with Crippen LogP contribution < -0.4 is 5.43 Å². The molecule has 17 heavy (non-hydrogen) atoms. The molecule has 92 valence electrons. The van der Waals surface area contributed by atoms with Gasteiger partial charge in [0, 0.05) is 13.1 Å². The van der Waals surface area contributed by atoms with Crippen molar-refractivity contribution in [2.75, 3.05) is 31.7 Å². The van der Waals surface area contributed by atoms with Crippen molar-refractivity contribution in [3.05, 3.63) is 21.6 Å². The first kappa shape index (κ1) is 12.0. The third-order valence-electron chi connectivity index (χ3n) is 2.21. The molecule has 0 atom stereocenters. The molecular weight excluding hydrogens is 250 g/mol. The number of morpholine rings is 1. The Kier molecular flexibility index (Phi) is 3.67. The van der Waals surface area contributed by atoms with E-state index in [1.165, 1.54) is 0 Å². The highest BCUT2D eigenvalue weighted by Crippen LogP contribution is 2.22. The zero-order valence-corrected chi connectivity index (χ0v) is 9.55. The molecule has 1 aromatic rings. The van der Waals surface area contributed by atoms with Crippen LogP contribution in [0.4, 0.5) is 11.5 Å². The lowest BCUT2D eigenvalue weighted by Crippen LogP contribution is -2.40. The van der Waals surface area contributed by atoms with E-state index in [0.717, 1.165) is 6.20 Å². The van der Waals surface area contributed by atoms with Crippen LogP contribution in [0.15, 0.2) is 6.20 Å². The molecule has 0 aliphatic carbocycles. The third-order valence-corrected chi connectivity index (χ3v) is 2.39. The number of nitrogens with zero attached hydrogens (tertiary/aromatic N) is 4. The van der Waals surface area contributed by atoms with E-state index in [-0.39, 0.29) is 16.8 Å². The lowest BCUT2D eigenvalue weighted by atomic mass is 10.4. The molecule has 1 saturated heterocycles. The van der Waals surface area contributed by atoms with Crippen LogP contribution in [0.3, 0.4) is 0 Å². The Bertz CT molecular complexity index is 424. The van der Waals surface area contributed by atoms with Gasteiger partial charge in [-0.1, -0.05) is 0 Å². The number of aromatic nitrogens is 2. The maximum absolute atomic E-state index is 10.8. The summed E-state index contributed by atoms with van der Waals surface area (Å²) in [5.74, 6) is 0.0944. The molecule has 0 unspecified atom stereocenters. The van der Waals surface area contributed by atoms with Gasteiger partial charge in [-0.25, -0.2) is 9.99 Å². The normalized spacial score (nSPS) is 16.8. The lowest BCUT2D eigenvalue weighted by molar-refractivity contribution is -0.384. The number of anilines is 1. The number of rotatable bonds is 3. The van der Waals surface area contributed by atoms with Crippen molar-refractivity contribution in [3.63, 3.8) is 0 Å². The molecule has 9 heteroatoms. The standard InChI is InChI=1S/C8H10ClN5O3/c9-8-10-5-6(14(15)16)7(11-8)12-13-1-3-17-4-2-13/h5H,1-4H2,(H,10,11,12). The molecule has 8 nitrogen and oxygen atoms in total. The third kappa shape index (κ3) is 2.99. The Morgan fingerprint density at radius 1 is 1.53 bits per heavy atom. The fourth-order valence-corrected chi connectivity index (χ4v) is 1.53. The predicted molar refractivity (Wildman–Crippen MR) is 59.7 cm³/mol. The maximum Gasteiger partial charge on any atom is 0.330 e. The number of nitrogens with one attached hydrogen (secondary N) is 1. The summed E-state index contributed by atoms with van der Waals surface area (Å²) in [6, 6.07) is 0. The highest BCUT2D eigenvalue weighted by molar-refractivity contribution is 6.28. The Balaban J connectivity index is 2.17. The highest BCUT2D eigenvalue weighted by atomic mass is 35.5. The SMILES string of the molecule is O=[N+]([O-])c1cnc(Cl)nc1NN1CCOCC1. The molecule has 1 aliphatic heterocycles. The number of nitro groups is 1. The molecule has 1 fully saturated rings. The molecule has 2 heterocycles. The van der Waals surface area contributed by atoms with Crippen LogP contribution in [0.1, 0.15) is 0 Å². The maximum atomic E-state index is 10.8. The molecule has 0 bridgehead atoms. The summed E-state index contributed by atoms with van der Waals surface area (Å²) in [5, 5.41) is 12.5. The van der Waals surface area contributed by atoms with Crippen LogP contribution in [0.5, 0.6) is 0 Å². The van der Waals surface area contributed by atoms with E-state index in [4.69, 9.17) is 16.3 Å². The molecule has 1 aliphatic rings. The monoisotopic (exact) mass is 259 g/mol. The van der Waals surface area contributed by atoms with E-state index in [1.807, 2.05) is 0 Å². The summed E-state index contributed by atoms with van der Waals surface area (Å²) in [6.45, 7) is 2.39. The predicted octanol–water partition coefficient (Wildman–Crippen LogP) is 0.697. The van der Waals surface area contributed by atoms with E-state index in [0.29, 0.717) is 26.3 Å². The first-order valence-corrected chi connectivity index (χ1v) is 5.31.